The Morgan fingerprint density at radius 3 is 2.60 bits per heavy atom. The Hall–Kier alpha value is -1.31. The van der Waals surface area contributed by atoms with E-state index in [2.05, 4.69) is 0 Å². The molecule has 114 valence electrons. The van der Waals surface area contributed by atoms with Crippen LogP contribution in [-0.2, 0) is 14.6 Å². The summed E-state index contributed by atoms with van der Waals surface area (Å²) in [5.74, 6) is -0.790. The van der Waals surface area contributed by atoms with Gasteiger partial charge in [0.05, 0.1) is 17.9 Å². The second-order valence-corrected chi connectivity index (χ2v) is 7.77. The first-order valence-corrected chi connectivity index (χ1v) is 8.58. The smallest absolute Gasteiger partial charge is 0.320 e. The molecule has 0 spiro atoms. The molecule has 20 heavy (non-hydrogen) atoms. The van der Waals surface area contributed by atoms with Gasteiger partial charge in [-0.1, -0.05) is 0 Å². The largest absolute Gasteiger partial charge is 0.481 e. The van der Waals surface area contributed by atoms with Gasteiger partial charge in [0, 0.05) is 25.7 Å². The lowest BCUT2D eigenvalue weighted by Gasteiger charge is -2.32. The summed E-state index contributed by atoms with van der Waals surface area (Å²) in [5.41, 5.74) is 0. The number of aliphatic carboxylic acids is 1. The summed E-state index contributed by atoms with van der Waals surface area (Å²) < 4.78 is 22.9. The molecule has 2 rings (SSSR count). The molecule has 2 atom stereocenters. The summed E-state index contributed by atoms with van der Waals surface area (Å²) in [6.07, 6.45) is 1.89. The van der Waals surface area contributed by atoms with E-state index in [9.17, 15) is 18.0 Å². The predicted octanol–water partition coefficient (Wildman–Crippen LogP) is 0.164. The fourth-order valence-corrected chi connectivity index (χ4v) is 4.72. The van der Waals surface area contributed by atoms with E-state index < -0.39 is 15.8 Å². The quantitative estimate of drug-likeness (QED) is 0.801. The van der Waals surface area contributed by atoms with Crippen LogP contribution in [0.3, 0.4) is 0 Å². The average molecular weight is 304 g/mol. The van der Waals surface area contributed by atoms with E-state index in [4.69, 9.17) is 5.11 Å². The number of rotatable bonds is 3. The maximum atomic E-state index is 12.4. The van der Waals surface area contributed by atoms with Crippen LogP contribution >= 0.6 is 0 Å². The zero-order chi connectivity index (χ0) is 14.9. The van der Waals surface area contributed by atoms with Crippen molar-refractivity contribution in [3.8, 4) is 0 Å². The third-order valence-electron chi connectivity index (χ3n) is 4.09. The first kappa shape index (κ1) is 15.1. The minimum absolute atomic E-state index is 0.00662. The molecular formula is C12H20N2O5S. The number of nitrogens with zero attached hydrogens (tertiary/aromatic N) is 2. The van der Waals surface area contributed by atoms with E-state index >= 15 is 0 Å². The van der Waals surface area contributed by atoms with Gasteiger partial charge in [0.1, 0.15) is 0 Å². The lowest BCUT2D eigenvalue weighted by molar-refractivity contribution is -0.138. The molecule has 2 saturated heterocycles. The van der Waals surface area contributed by atoms with Gasteiger partial charge in [0.2, 0.25) is 0 Å². The van der Waals surface area contributed by atoms with Gasteiger partial charge < -0.3 is 14.9 Å². The van der Waals surface area contributed by atoms with Gasteiger partial charge in [-0.15, -0.1) is 0 Å². The zero-order valence-corrected chi connectivity index (χ0v) is 12.3. The molecule has 2 aliphatic rings. The maximum Gasteiger partial charge on any atom is 0.320 e. The number of carboxylic acid groups (broad SMARTS) is 1. The Balaban J connectivity index is 2.01. The van der Waals surface area contributed by atoms with Crippen LogP contribution in [-0.4, -0.2) is 72.5 Å². The van der Waals surface area contributed by atoms with Crippen LogP contribution in [0.4, 0.5) is 4.79 Å². The van der Waals surface area contributed by atoms with Gasteiger partial charge >= 0.3 is 12.0 Å². The summed E-state index contributed by atoms with van der Waals surface area (Å²) in [6.45, 7) is 0.542. The molecule has 2 aliphatic heterocycles. The van der Waals surface area contributed by atoms with E-state index in [1.165, 1.54) is 4.90 Å². The molecule has 0 saturated carbocycles. The van der Waals surface area contributed by atoms with Gasteiger partial charge in [-0.05, 0) is 19.3 Å². The van der Waals surface area contributed by atoms with Crippen molar-refractivity contribution in [2.45, 2.75) is 37.8 Å². The third-order valence-corrected chi connectivity index (χ3v) is 5.84. The second-order valence-electron chi connectivity index (χ2n) is 5.54. The second kappa shape index (κ2) is 5.59. The highest BCUT2D eigenvalue weighted by atomic mass is 32.2. The van der Waals surface area contributed by atoms with Gasteiger partial charge in [0.25, 0.3) is 0 Å². The Labute approximate surface area is 118 Å². The van der Waals surface area contributed by atoms with Crippen LogP contribution in [0.2, 0.25) is 0 Å². The first-order valence-electron chi connectivity index (χ1n) is 6.76. The number of carbonyl (C=O) groups excluding carboxylic acids is 1. The summed E-state index contributed by atoms with van der Waals surface area (Å²) in [6, 6.07) is -0.824. The molecule has 0 bridgehead atoms. The van der Waals surface area contributed by atoms with E-state index in [0.717, 1.165) is 6.42 Å². The molecule has 0 radical (unpaired) electrons. The maximum absolute atomic E-state index is 12.4. The molecule has 2 amide bonds. The molecule has 0 aromatic rings. The van der Waals surface area contributed by atoms with Gasteiger partial charge in [-0.2, -0.15) is 0 Å². The molecule has 7 nitrogen and oxygen atoms in total. The van der Waals surface area contributed by atoms with Crippen molar-refractivity contribution in [3.05, 3.63) is 0 Å². The summed E-state index contributed by atoms with van der Waals surface area (Å²) in [7, 11) is -1.44. The average Bonchev–Trinajstić information content (AvgIpc) is 2.93. The predicted molar refractivity (Wildman–Crippen MR) is 72.2 cm³/mol. The molecule has 2 heterocycles. The Morgan fingerprint density at radius 2 is 2.05 bits per heavy atom. The minimum atomic E-state index is -3.04. The molecule has 8 heteroatoms. The first-order chi connectivity index (χ1) is 9.30. The SMILES string of the molecule is CN(C(=O)N1CCCC1CC(=O)O)C1CCS(=O)(=O)C1. The Kier molecular flexibility index (Phi) is 4.22. The highest BCUT2D eigenvalue weighted by Crippen LogP contribution is 2.24. The standard InChI is InChI=1S/C12H20N2O5S/c1-13(10-4-6-20(18,19)8-10)12(17)14-5-2-3-9(14)7-11(15)16/h9-10H,2-8H2,1H3,(H,15,16). The van der Waals surface area contributed by atoms with Crippen molar-refractivity contribution < 1.29 is 23.1 Å². The fraction of sp³-hybridized carbons (Fsp3) is 0.833. The molecule has 2 fully saturated rings. The fourth-order valence-electron chi connectivity index (χ4n) is 2.94. The van der Waals surface area contributed by atoms with Crippen LogP contribution < -0.4 is 0 Å². The summed E-state index contributed by atoms with van der Waals surface area (Å²) in [5, 5.41) is 8.86. The Morgan fingerprint density at radius 1 is 1.35 bits per heavy atom. The highest BCUT2D eigenvalue weighted by molar-refractivity contribution is 7.91. The normalized spacial score (nSPS) is 28.6. The zero-order valence-electron chi connectivity index (χ0n) is 11.5. The molecule has 0 aromatic carbocycles. The van der Waals surface area contributed by atoms with Crippen molar-refractivity contribution in [1.82, 2.24) is 9.80 Å². The van der Waals surface area contributed by atoms with Crippen LogP contribution in [0.25, 0.3) is 0 Å². The highest BCUT2D eigenvalue weighted by Gasteiger charge is 2.37. The number of carboxylic acids is 1. The number of amides is 2. The number of sulfone groups is 1. The van der Waals surface area contributed by atoms with Gasteiger partial charge in [-0.3, -0.25) is 4.79 Å². The van der Waals surface area contributed by atoms with Crippen molar-refractivity contribution in [2.75, 3.05) is 25.1 Å². The van der Waals surface area contributed by atoms with Crippen molar-refractivity contribution in [1.29, 1.82) is 0 Å². The minimum Gasteiger partial charge on any atom is -0.481 e. The van der Waals surface area contributed by atoms with Crippen molar-refractivity contribution in [3.63, 3.8) is 0 Å². The van der Waals surface area contributed by atoms with E-state index in [1.807, 2.05) is 0 Å². The lowest BCUT2D eigenvalue weighted by Crippen LogP contribution is -2.48. The van der Waals surface area contributed by atoms with Gasteiger partial charge in [0.15, 0.2) is 9.84 Å². The van der Waals surface area contributed by atoms with Crippen LogP contribution in [0.1, 0.15) is 25.7 Å². The van der Waals surface area contributed by atoms with Crippen LogP contribution in [0, 0.1) is 0 Å². The number of hydrogen-bond acceptors (Lipinski definition) is 4. The van der Waals surface area contributed by atoms with E-state index in [-0.39, 0.29) is 36.0 Å². The number of hydrogen-bond donors (Lipinski definition) is 1. The Bertz CT molecular complexity index is 504. The molecular weight excluding hydrogens is 284 g/mol. The monoisotopic (exact) mass is 304 g/mol. The van der Waals surface area contributed by atoms with Gasteiger partial charge in [-0.25, -0.2) is 13.2 Å². The van der Waals surface area contributed by atoms with Crippen LogP contribution in [0.15, 0.2) is 0 Å². The van der Waals surface area contributed by atoms with Crippen LogP contribution in [0.5, 0.6) is 0 Å². The topological polar surface area (TPSA) is 95.0 Å². The molecule has 1 N–H and O–H groups in total. The number of likely N-dealkylation sites (tertiary alicyclic amines) is 1. The number of urea groups is 1. The lowest BCUT2D eigenvalue weighted by atomic mass is 10.1. The molecule has 0 aliphatic carbocycles. The van der Waals surface area contributed by atoms with E-state index in [0.29, 0.717) is 19.4 Å². The van der Waals surface area contributed by atoms with Crippen molar-refractivity contribution >= 4 is 21.8 Å². The molecule has 0 aromatic heterocycles. The summed E-state index contributed by atoms with van der Waals surface area (Å²) in [4.78, 5) is 26.2. The summed E-state index contributed by atoms with van der Waals surface area (Å²) >= 11 is 0. The molecule has 2 unspecified atom stereocenters. The van der Waals surface area contributed by atoms with E-state index in [1.54, 1.807) is 11.9 Å². The van der Waals surface area contributed by atoms with Crippen molar-refractivity contribution in [2.24, 2.45) is 0 Å². The third kappa shape index (κ3) is 3.23. The number of carbonyl (C=O) groups is 2.